The predicted octanol–water partition coefficient (Wildman–Crippen LogP) is 4.40. The lowest BCUT2D eigenvalue weighted by molar-refractivity contribution is 0.495. The summed E-state index contributed by atoms with van der Waals surface area (Å²) in [4.78, 5) is 0. The molecule has 0 amide bonds. The van der Waals surface area contributed by atoms with E-state index < -0.39 is 17.5 Å². The Balaban J connectivity index is 2.12. The van der Waals surface area contributed by atoms with Gasteiger partial charge in [-0.2, -0.15) is 0 Å². The highest BCUT2D eigenvalue weighted by atomic mass is 19.2. The zero-order chi connectivity index (χ0) is 13.0. The normalized spacial score (nSPS) is 22.1. The van der Waals surface area contributed by atoms with Crippen molar-refractivity contribution in [3.05, 3.63) is 41.7 Å². The minimum atomic E-state index is -1.16. The molecular formula is C14H16F3N. The van der Waals surface area contributed by atoms with Gasteiger partial charge >= 0.3 is 0 Å². The number of allylic oxidation sites excluding steroid dienone is 1. The first-order valence-electron chi connectivity index (χ1n) is 6.24. The molecule has 1 nitrogen and oxygen atoms in total. The minimum absolute atomic E-state index is 0.0177. The first kappa shape index (κ1) is 13.0. The molecule has 0 fully saturated rings. The Hall–Kier alpha value is -1.45. The summed E-state index contributed by atoms with van der Waals surface area (Å²) < 4.78 is 39.3. The van der Waals surface area contributed by atoms with E-state index in [0.717, 1.165) is 31.7 Å². The highest BCUT2D eigenvalue weighted by Gasteiger charge is 2.13. The summed E-state index contributed by atoms with van der Waals surface area (Å²) in [6.07, 6.45) is 9.26. The van der Waals surface area contributed by atoms with Crippen LogP contribution in [0.5, 0.6) is 0 Å². The molecule has 4 heteroatoms. The Bertz CT molecular complexity index is 443. The van der Waals surface area contributed by atoms with Gasteiger partial charge in [-0.15, -0.1) is 0 Å². The standard InChI is InChI=1S/C14H16F3N/c15-11-8-13(17)14(9-12(11)16)18-10-6-4-2-1-3-5-7-10/h4,6,8-10,18H,1-3,5,7H2/b6-4+. The summed E-state index contributed by atoms with van der Waals surface area (Å²) in [6, 6.07) is 1.42. The molecule has 1 unspecified atom stereocenters. The molecule has 2 rings (SSSR count). The molecule has 98 valence electrons. The van der Waals surface area contributed by atoms with Crippen molar-refractivity contribution in [2.24, 2.45) is 0 Å². The molecule has 1 aliphatic rings. The van der Waals surface area contributed by atoms with E-state index in [-0.39, 0.29) is 11.7 Å². The van der Waals surface area contributed by atoms with Crippen LogP contribution in [0.4, 0.5) is 18.9 Å². The van der Waals surface area contributed by atoms with Crippen LogP contribution >= 0.6 is 0 Å². The molecule has 0 aromatic heterocycles. The molecule has 0 saturated heterocycles. The van der Waals surface area contributed by atoms with Gasteiger partial charge in [0.25, 0.3) is 0 Å². The number of rotatable bonds is 2. The second kappa shape index (κ2) is 5.94. The fourth-order valence-electron chi connectivity index (χ4n) is 2.11. The van der Waals surface area contributed by atoms with Gasteiger partial charge in [-0.25, -0.2) is 13.2 Å². The Morgan fingerprint density at radius 1 is 0.944 bits per heavy atom. The van der Waals surface area contributed by atoms with Crippen LogP contribution in [0.3, 0.4) is 0 Å². The van der Waals surface area contributed by atoms with E-state index in [4.69, 9.17) is 0 Å². The van der Waals surface area contributed by atoms with Crippen LogP contribution in [-0.4, -0.2) is 6.04 Å². The lowest BCUT2D eigenvalue weighted by Crippen LogP contribution is -2.18. The number of benzene rings is 1. The van der Waals surface area contributed by atoms with E-state index in [9.17, 15) is 13.2 Å². The van der Waals surface area contributed by atoms with E-state index in [0.29, 0.717) is 6.07 Å². The SMILES string of the molecule is Fc1cc(F)c(NC2/C=C/CCCCC2)cc1F. The molecule has 0 radical (unpaired) electrons. The van der Waals surface area contributed by atoms with Crippen molar-refractivity contribution in [1.82, 2.24) is 0 Å². The second-order valence-electron chi connectivity index (χ2n) is 4.56. The van der Waals surface area contributed by atoms with Crippen molar-refractivity contribution < 1.29 is 13.2 Å². The lowest BCUT2D eigenvalue weighted by atomic mass is 10.0. The summed E-state index contributed by atoms with van der Waals surface area (Å²) in [5, 5.41) is 2.92. The summed E-state index contributed by atoms with van der Waals surface area (Å²) in [5.41, 5.74) is 0.0177. The van der Waals surface area contributed by atoms with Crippen LogP contribution in [0.25, 0.3) is 0 Å². The van der Waals surface area contributed by atoms with Crippen molar-refractivity contribution in [3.63, 3.8) is 0 Å². The van der Waals surface area contributed by atoms with Gasteiger partial charge in [-0.1, -0.05) is 25.0 Å². The van der Waals surface area contributed by atoms with E-state index in [1.165, 1.54) is 6.42 Å². The zero-order valence-corrected chi connectivity index (χ0v) is 10.1. The average molecular weight is 255 g/mol. The molecule has 1 N–H and O–H groups in total. The molecule has 0 bridgehead atoms. The molecule has 1 atom stereocenters. The van der Waals surface area contributed by atoms with Crippen molar-refractivity contribution in [3.8, 4) is 0 Å². The molecule has 0 spiro atoms. The van der Waals surface area contributed by atoms with Crippen molar-refractivity contribution >= 4 is 5.69 Å². The van der Waals surface area contributed by atoms with Gasteiger partial charge in [0.05, 0.1) is 5.69 Å². The highest BCUT2D eigenvalue weighted by Crippen LogP contribution is 2.21. The maximum Gasteiger partial charge on any atom is 0.161 e. The minimum Gasteiger partial charge on any atom is -0.376 e. The largest absolute Gasteiger partial charge is 0.376 e. The zero-order valence-electron chi connectivity index (χ0n) is 10.1. The Kier molecular flexibility index (Phi) is 4.28. The molecule has 1 aromatic carbocycles. The first-order valence-corrected chi connectivity index (χ1v) is 6.24. The monoisotopic (exact) mass is 255 g/mol. The molecule has 18 heavy (non-hydrogen) atoms. The van der Waals surface area contributed by atoms with Gasteiger partial charge in [-0.3, -0.25) is 0 Å². The first-order chi connectivity index (χ1) is 8.66. The molecular weight excluding hydrogens is 239 g/mol. The van der Waals surface area contributed by atoms with Crippen LogP contribution in [0, 0.1) is 17.5 Å². The number of anilines is 1. The molecule has 0 aliphatic heterocycles. The quantitative estimate of drug-likeness (QED) is 0.610. The van der Waals surface area contributed by atoms with Crippen molar-refractivity contribution in [2.45, 2.75) is 38.1 Å². The van der Waals surface area contributed by atoms with Crippen LogP contribution in [0.15, 0.2) is 24.3 Å². The van der Waals surface area contributed by atoms with Gasteiger partial charge in [0.15, 0.2) is 11.6 Å². The topological polar surface area (TPSA) is 12.0 Å². The molecule has 1 aliphatic carbocycles. The summed E-state index contributed by atoms with van der Waals surface area (Å²) >= 11 is 0. The van der Waals surface area contributed by atoms with Gasteiger partial charge < -0.3 is 5.32 Å². The van der Waals surface area contributed by atoms with Gasteiger partial charge in [0.1, 0.15) is 5.82 Å². The predicted molar refractivity (Wildman–Crippen MR) is 66.0 cm³/mol. The van der Waals surface area contributed by atoms with Gasteiger partial charge in [-0.05, 0) is 19.3 Å². The number of halogens is 3. The number of hydrogen-bond donors (Lipinski definition) is 1. The van der Waals surface area contributed by atoms with Crippen LogP contribution in [-0.2, 0) is 0 Å². The van der Waals surface area contributed by atoms with Crippen LogP contribution in [0.1, 0.15) is 32.1 Å². The summed E-state index contributed by atoms with van der Waals surface area (Å²) in [7, 11) is 0. The third-order valence-corrected chi connectivity index (χ3v) is 3.11. The third kappa shape index (κ3) is 3.28. The van der Waals surface area contributed by atoms with Gasteiger partial charge in [0.2, 0.25) is 0 Å². The fraction of sp³-hybridized carbons (Fsp3) is 0.429. The maximum absolute atomic E-state index is 13.5. The van der Waals surface area contributed by atoms with Crippen molar-refractivity contribution in [1.29, 1.82) is 0 Å². The molecule has 0 saturated carbocycles. The van der Waals surface area contributed by atoms with E-state index >= 15 is 0 Å². The Labute approximate surface area is 105 Å². The van der Waals surface area contributed by atoms with Crippen LogP contribution < -0.4 is 5.32 Å². The smallest absolute Gasteiger partial charge is 0.161 e. The average Bonchev–Trinajstić information content (AvgIpc) is 2.29. The number of nitrogens with one attached hydrogen (secondary N) is 1. The maximum atomic E-state index is 13.5. The van der Waals surface area contributed by atoms with Crippen LogP contribution in [0.2, 0.25) is 0 Å². The molecule has 1 aromatic rings. The second-order valence-corrected chi connectivity index (χ2v) is 4.56. The van der Waals surface area contributed by atoms with Gasteiger partial charge in [0, 0.05) is 18.2 Å². The summed E-state index contributed by atoms with van der Waals surface area (Å²) in [6.45, 7) is 0. The van der Waals surface area contributed by atoms with Crippen molar-refractivity contribution in [2.75, 3.05) is 5.32 Å². The van der Waals surface area contributed by atoms with E-state index in [1.54, 1.807) is 0 Å². The van der Waals surface area contributed by atoms with E-state index in [1.807, 2.05) is 6.08 Å². The Morgan fingerprint density at radius 2 is 1.72 bits per heavy atom. The van der Waals surface area contributed by atoms with E-state index in [2.05, 4.69) is 11.4 Å². The Morgan fingerprint density at radius 3 is 2.56 bits per heavy atom. The third-order valence-electron chi connectivity index (χ3n) is 3.11. The highest BCUT2D eigenvalue weighted by molar-refractivity contribution is 5.47. The number of hydrogen-bond acceptors (Lipinski definition) is 1. The lowest BCUT2D eigenvalue weighted by Gasteiger charge is -2.18. The molecule has 0 heterocycles. The fourth-order valence-corrected chi connectivity index (χ4v) is 2.11. The summed E-state index contributed by atoms with van der Waals surface area (Å²) in [5.74, 6) is -2.95.